The number of aryl methyl sites for hydroxylation is 1. The van der Waals surface area contributed by atoms with E-state index in [1.54, 1.807) is 0 Å². The van der Waals surface area contributed by atoms with E-state index >= 15 is 0 Å². The van der Waals surface area contributed by atoms with Gasteiger partial charge >= 0.3 is 18.5 Å². The molecule has 1 heterocycles. The number of hydrogen-bond donors (Lipinski definition) is 0. The maximum atomic E-state index is 13.4. The molecule has 0 spiro atoms. The molecule has 24 heavy (non-hydrogen) atoms. The number of aromatic nitrogens is 2. The quantitative estimate of drug-likeness (QED) is 0.595. The van der Waals surface area contributed by atoms with E-state index < -0.39 is 39.8 Å². The molecule has 0 amide bonds. The second-order valence-electron chi connectivity index (χ2n) is 4.75. The molecule has 0 atom stereocenters. The van der Waals surface area contributed by atoms with E-state index in [2.05, 4.69) is 4.98 Å². The lowest BCUT2D eigenvalue weighted by Gasteiger charge is -2.14. The maximum Gasteiger partial charge on any atom is 0.416 e. The van der Waals surface area contributed by atoms with E-state index in [1.807, 2.05) is 0 Å². The van der Waals surface area contributed by atoms with Gasteiger partial charge in [-0.3, -0.25) is 0 Å². The number of alkyl halides is 7. The first kappa shape index (κ1) is 18.9. The van der Waals surface area contributed by atoms with Gasteiger partial charge in [-0.05, 0) is 19.1 Å². The molecule has 0 saturated heterocycles. The predicted octanol–water partition coefficient (Wildman–Crippen LogP) is 5.86. The SMILES string of the molecule is Cc1nc(C(F)(F)C(F)F)cn1-c1c(Cl)cc(C(F)(F)F)cc1Cl. The predicted molar refractivity (Wildman–Crippen MR) is 73.2 cm³/mol. The molecule has 0 aliphatic heterocycles. The Morgan fingerprint density at radius 1 is 1.04 bits per heavy atom. The lowest BCUT2D eigenvalue weighted by atomic mass is 10.2. The molecular formula is C13H7Cl2F7N2. The fraction of sp³-hybridized carbons (Fsp3) is 0.308. The number of nitrogens with zero attached hydrogens (tertiary/aromatic N) is 2. The molecule has 2 aromatic rings. The van der Waals surface area contributed by atoms with Crippen LogP contribution in [-0.2, 0) is 12.1 Å². The van der Waals surface area contributed by atoms with E-state index in [9.17, 15) is 30.7 Å². The van der Waals surface area contributed by atoms with Crippen molar-refractivity contribution in [1.82, 2.24) is 9.55 Å². The Balaban J connectivity index is 2.60. The summed E-state index contributed by atoms with van der Waals surface area (Å²) in [6.07, 6.45) is -8.16. The van der Waals surface area contributed by atoms with Gasteiger partial charge in [-0.25, -0.2) is 13.8 Å². The smallest absolute Gasteiger partial charge is 0.300 e. The van der Waals surface area contributed by atoms with Crippen molar-refractivity contribution in [3.05, 3.63) is 45.5 Å². The largest absolute Gasteiger partial charge is 0.416 e. The van der Waals surface area contributed by atoms with Crippen LogP contribution in [0.3, 0.4) is 0 Å². The number of benzene rings is 1. The molecule has 1 aromatic heterocycles. The molecule has 0 fully saturated rings. The summed E-state index contributed by atoms with van der Waals surface area (Å²) in [5.41, 5.74) is -2.66. The minimum absolute atomic E-state index is 0.200. The number of halogens is 9. The van der Waals surface area contributed by atoms with E-state index in [4.69, 9.17) is 23.2 Å². The fourth-order valence-corrected chi connectivity index (χ4v) is 2.60. The maximum absolute atomic E-state index is 13.4. The van der Waals surface area contributed by atoms with Gasteiger partial charge in [-0.1, -0.05) is 23.2 Å². The van der Waals surface area contributed by atoms with Crippen LogP contribution in [0, 0.1) is 6.92 Å². The summed E-state index contributed by atoms with van der Waals surface area (Å²) in [4.78, 5) is 3.33. The number of rotatable bonds is 3. The molecule has 2 rings (SSSR count). The van der Waals surface area contributed by atoms with Gasteiger partial charge in [0, 0.05) is 6.20 Å². The van der Waals surface area contributed by atoms with Crippen LogP contribution >= 0.6 is 23.2 Å². The van der Waals surface area contributed by atoms with Gasteiger partial charge in [0.05, 0.1) is 21.3 Å². The molecule has 0 aliphatic carbocycles. The normalized spacial score (nSPS) is 13.0. The van der Waals surface area contributed by atoms with Crippen molar-refractivity contribution in [2.75, 3.05) is 0 Å². The Kier molecular flexibility index (Phi) is 4.80. The first-order valence-electron chi connectivity index (χ1n) is 6.14. The van der Waals surface area contributed by atoms with Crippen LogP contribution in [0.15, 0.2) is 18.3 Å². The summed E-state index contributed by atoms with van der Waals surface area (Å²) < 4.78 is 90.5. The second kappa shape index (κ2) is 6.11. The topological polar surface area (TPSA) is 17.8 Å². The van der Waals surface area contributed by atoms with Gasteiger partial charge < -0.3 is 4.57 Å². The molecule has 0 unspecified atom stereocenters. The van der Waals surface area contributed by atoms with Crippen LogP contribution in [-0.4, -0.2) is 16.0 Å². The van der Waals surface area contributed by atoms with Gasteiger partial charge in [-0.2, -0.15) is 22.0 Å². The zero-order valence-corrected chi connectivity index (χ0v) is 13.1. The zero-order chi connectivity index (χ0) is 18.4. The molecule has 0 bridgehead atoms. The van der Waals surface area contributed by atoms with E-state index in [0.717, 1.165) is 4.57 Å². The Hall–Kier alpha value is -1.48. The highest BCUT2D eigenvalue weighted by molar-refractivity contribution is 6.37. The molecule has 132 valence electrons. The van der Waals surface area contributed by atoms with Gasteiger partial charge in [0.25, 0.3) is 0 Å². The molecule has 11 heteroatoms. The molecule has 0 saturated carbocycles. The van der Waals surface area contributed by atoms with Gasteiger partial charge in [0.2, 0.25) is 0 Å². The third-order valence-corrected chi connectivity index (χ3v) is 3.66. The van der Waals surface area contributed by atoms with Crippen molar-refractivity contribution >= 4 is 23.2 Å². The number of hydrogen-bond acceptors (Lipinski definition) is 1. The standard InChI is InChI=1S/C13H7Cl2F7N2/c1-5-23-9(12(18,19)11(16)17)4-24(5)10-7(14)2-6(3-8(10)15)13(20,21)22/h2-4,11H,1H3. The summed E-state index contributed by atoms with van der Waals surface area (Å²) in [5.74, 6) is -4.73. The van der Waals surface area contributed by atoms with Gasteiger partial charge in [0.15, 0.2) is 0 Å². The molecule has 0 aliphatic rings. The summed E-state index contributed by atoms with van der Waals surface area (Å²) in [7, 11) is 0. The fourth-order valence-electron chi connectivity index (χ4n) is 1.93. The van der Waals surface area contributed by atoms with E-state index in [1.165, 1.54) is 6.92 Å². The number of imidazole rings is 1. The van der Waals surface area contributed by atoms with Crippen LogP contribution in [0.2, 0.25) is 10.0 Å². The molecule has 0 radical (unpaired) electrons. The third kappa shape index (κ3) is 3.32. The summed E-state index contributed by atoms with van der Waals surface area (Å²) in [6, 6.07) is 1.10. The van der Waals surface area contributed by atoms with Crippen molar-refractivity contribution in [2.24, 2.45) is 0 Å². The Labute approximate surface area is 140 Å². The first-order chi connectivity index (χ1) is 10.9. The van der Waals surface area contributed by atoms with E-state index in [0.29, 0.717) is 18.3 Å². The second-order valence-corrected chi connectivity index (χ2v) is 5.57. The van der Waals surface area contributed by atoms with Crippen molar-refractivity contribution < 1.29 is 30.7 Å². The molecular weight excluding hydrogens is 388 g/mol. The third-order valence-electron chi connectivity index (χ3n) is 3.08. The van der Waals surface area contributed by atoms with Crippen molar-refractivity contribution in [2.45, 2.75) is 25.4 Å². The highest BCUT2D eigenvalue weighted by atomic mass is 35.5. The summed E-state index contributed by atoms with van der Waals surface area (Å²) in [5, 5.41) is -0.996. The Morgan fingerprint density at radius 2 is 1.54 bits per heavy atom. The van der Waals surface area contributed by atoms with Crippen molar-refractivity contribution in [3.63, 3.8) is 0 Å². The molecule has 2 nitrogen and oxygen atoms in total. The average molecular weight is 395 g/mol. The monoisotopic (exact) mass is 394 g/mol. The van der Waals surface area contributed by atoms with Crippen LogP contribution in [0.5, 0.6) is 0 Å². The van der Waals surface area contributed by atoms with Crippen LogP contribution in [0.1, 0.15) is 17.1 Å². The van der Waals surface area contributed by atoms with Crippen molar-refractivity contribution in [3.8, 4) is 5.69 Å². The van der Waals surface area contributed by atoms with Crippen LogP contribution in [0.4, 0.5) is 30.7 Å². The van der Waals surface area contributed by atoms with Crippen LogP contribution < -0.4 is 0 Å². The first-order valence-corrected chi connectivity index (χ1v) is 6.90. The summed E-state index contributed by atoms with van der Waals surface area (Å²) >= 11 is 11.5. The van der Waals surface area contributed by atoms with Crippen molar-refractivity contribution in [1.29, 1.82) is 0 Å². The lowest BCUT2D eigenvalue weighted by Crippen LogP contribution is -2.24. The highest BCUT2D eigenvalue weighted by Gasteiger charge is 2.45. The Morgan fingerprint density at radius 3 is 1.96 bits per heavy atom. The minimum atomic E-state index is -4.72. The molecule has 0 N–H and O–H groups in total. The average Bonchev–Trinajstić information content (AvgIpc) is 2.79. The van der Waals surface area contributed by atoms with Crippen LogP contribution in [0.25, 0.3) is 5.69 Å². The van der Waals surface area contributed by atoms with Gasteiger partial charge in [0.1, 0.15) is 11.5 Å². The van der Waals surface area contributed by atoms with E-state index in [-0.39, 0.29) is 11.5 Å². The lowest BCUT2D eigenvalue weighted by molar-refractivity contribution is -0.137. The zero-order valence-electron chi connectivity index (χ0n) is 11.6. The summed E-state index contributed by atoms with van der Waals surface area (Å²) in [6.45, 7) is 1.19. The minimum Gasteiger partial charge on any atom is -0.300 e. The highest BCUT2D eigenvalue weighted by Crippen LogP contribution is 2.39. The Bertz CT molecular complexity index is 745. The van der Waals surface area contributed by atoms with Gasteiger partial charge in [-0.15, -0.1) is 0 Å². The molecule has 1 aromatic carbocycles.